The Morgan fingerprint density at radius 3 is 2.62 bits per heavy atom. The van der Waals surface area contributed by atoms with Crippen LogP contribution in [-0.4, -0.2) is 47.0 Å². The molecule has 0 aliphatic carbocycles. The number of carboxylic acids is 1. The number of carbonyl (C=O) groups is 2. The van der Waals surface area contributed by atoms with Gasteiger partial charge in [-0.05, 0) is 66.2 Å². The molecular weight excluding hydrogens is 586 g/mol. The van der Waals surface area contributed by atoms with Gasteiger partial charge in [0.1, 0.15) is 22.8 Å². The van der Waals surface area contributed by atoms with Crippen molar-refractivity contribution >= 4 is 50.2 Å². The Morgan fingerprint density at radius 1 is 1.14 bits per heavy atom. The van der Waals surface area contributed by atoms with Crippen molar-refractivity contribution in [3.63, 3.8) is 0 Å². The number of aromatic carboxylic acids is 1. The fourth-order valence-corrected chi connectivity index (χ4v) is 5.80. The van der Waals surface area contributed by atoms with Gasteiger partial charge in [-0.15, -0.1) is 0 Å². The number of nitrogens with two attached hydrogens (primary N) is 1. The Bertz CT molecular complexity index is 2050. The molecule has 0 atom stereocenters. The zero-order valence-corrected chi connectivity index (χ0v) is 23.4. The molecule has 0 bridgehead atoms. The normalized spacial score (nSPS) is 11.4. The lowest BCUT2D eigenvalue weighted by Gasteiger charge is -2.14. The molecule has 5 rings (SSSR count). The maximum absolute atomic E-state index is 14.0. The lowest BCUT2D eigenvalue weighted by Crippen LogP contribution is -2.33. The zero-order chi connectivity index (χ0) is 30.2. The highest BCUT2D eigenvalue weighted by Gasteiger charge is 2.29. The van der Waals surface area contributed by atoms with Gasteiger partial charge in [0.15, 0.2) is 0 Å². The van der Waals surface area contributed by atoms with Crippen molar-refractivity contribution in [2.45, 2.75) is 11.4 Å². The molecule has 12 nitrogen and oxygen atoms in total. The predicted octanol–water partition coefficient (Wildman–Crippen LogP) is 3.50. The summed E-state index contributed by atoms with van der Waals surface area (Å²) in [6.45, 7) is 0.0457. The van der Waals surface area contributed by atoms with Gasteiger partial charge >= 0.3 is 5.97 Å². The number of benzene rings is 2. The van der Waals surface area contributed by atoms with Gasteiger partial charge < -0.3 is 25.1 Å². The van der Waals surface area contributed by atoms with Gasteiger partial charge in [-0.25, -0.2) is 22.9 Å². The molecule has 214 valence electrons. The van der Waals surface area contributed by atoms with E-state index >= 15 is 0 Å². The van der Waals surface area contributed by atoms with Gasteiger partial charge in [0.05, 0.1) is 12.0 Å². The van der Waals surface area contributed by atoms with Crippen LogP contribution in [0, 0.1) is 0 Å². The topological polar surface area (TPSA) is 186 Å². The second-order valence-electron chi connectivity index (χ2n) is 9.07. The number of H-pyrrole nitrogens is 1. The largest absolute Gasteiger partial charge is 0.496 e. The summed E-state index contributed by atoms with van der Waals surface area (Å²) in [4.78, 5) is 44.7. The van der Waals surface area contributed by atoms with Crippen LogP contribution in [0.4, 0.5) is 5.82 Å². The molecule has 0 fully saturated rings. The minimum Gasteiger partial charge on any atom is -0.496 e. The Balaban J connectivity index is 1.73. The van der Waals surface area contributed by atoms with E-state index in [0.29, 0.717) is 21.5 Å². The summed E-state index contributed by atoms with van der Waals surface area (Å²) in [6.07, 6.45) is 2.91. The Kier molecular flexibility index (Phi) is 7.45. The van der Waals surface area contributed by atoms with Crippen LogP contribution >= 0.6 is 11.6 Å². The number of sulfonamides is 1. The van der Waals surface area contributed by atoms with Crippen molar-refractivity contribution in [3.8, 4) is 16.9 Å². The van der Waals surface area contributed by atoms with Crippen molar-refractivity contribution < 1.29 is 27.9 Å². The van der Waals surface area contributed by atoms with Crippen LogP contribution in [-0.2, 0) is 16.6 Å². The number of aromatic nitrogens is 3. The second kappa shape index (κ2) is 11.0. The number of aromatic amines is 1. The second-order valence-corrected chi connectivity index (χ2v) is 11.2. The van der Waals surface area contributed by atoms with Gasteiger partial charge in [0.2, 0.25) is 0 Å². The Labute approximate surface area is 243 Å². The number of nitrogens with zero attached hydrogens (tertiary/aromatic N) is 2. The average Bonchev–Trinajstić information content (AvgIpc) is 3.25. The van der Waals surface area contributed by atoms with Crippen LogP contribution in [0.5, 0.6) is 5.75 Å². The van der Waals surface area contributed by atoms with Crippen LogP contribution in [0.3, 0.4) is 0 Å². The smallest absolute Gasteiger partial charge is 0.339 e. The van der Waals surface area contributed by atoms with Crippen molar-refractivity contribution in [3.05, 3.63) is 105 Å². The molecule has 0 saturated heterocycles. The number of fused-ring (bicyclic) bond motifs is 1. The molecule has 0 aliphatic rings. The maximum Gasteiger partial charge on any atom is 0.339 e. The summed E-state index contributed by atoms with van der Waals surface area (Å²) < 4.78 is 35.4. The summed E-state index contributed by atoms with van der Waals surface area (Å²) in [5, 5.41) is 10.2. The number of anilines is 1. The van der Waals surface area contributed by atoms with Crippen molar-refractivity contribution in [2.75, 3.05) is 12.8 Å². The lowest BCUT2D eigenvalue weighted by atomic mass is 10.0. The van der Waals surface area contributed by atoms with E-state index in [1.165, 1.54) is 31.6 Å². The average molecular weight is 608 g/mol. The number of carboxylic acid groups (broad SMARTS) is 1. The van der Waals surface area contributed by atoms with Crippen LogP contribution in [0.15, 0.2) is 82.7 Å². The van der Waals surface area contributed by atoms with Crippen molar-refractivity contribution in [1.82, 2.24) is 19.3 Å². The van der Waals surface area contributed by atoms with Crippen LogP contribution in [0.25, 0.3) is 22.0 Å². The first kappa shape index (κ1) is 28.4. The molecule has 0 spiro atoms. The highest BCUT2D eigenvalue weighted by atomic mass is 35.5. The molecule has 0 unspecified atom stereocenters. The molecule has 14 heteroatoms. The molecule has 0 saturated carbocycles. The SMILES string of the molecule is COc1ccc(S(=O)(=O)NC(=O)c2c(-c3ccc[nH]c3=O)c3cc(Cl)ccc3n2Cc2ccnc(N)c2)cc1C(=O)O. The van der Waals surface area contributed by atoms with Crippen LogP contribution < -0.4 is 20.8 Å². The number of amides is 1. The van der Waals surface area contributed by atoms with Crippen LogP contribution in [0.1, 0.15) is 26.4 Å². The first-order chi connectivity index (χ1) is 20.0. The van der Waals surface area contributed by atoms with Gasteiger partial charge in [-0.2, -0.15) is 0 Å². The summed E-state index contributed by atoms with van der Waals surface area (Å²) in [7, 11) is -3.37. The number of rotatable bonds is 8. The highest BCUT2D eigenvalue weighted by molar-refractivity contribution is 7.90. The summed E-state index contributed by atoms with van der Waals surface area (Å²) in [5.74, 6) is -2.33. The van der Waals surface area contributed by atoms with Crippen molar-refractivity contribution in [1.29, 1.82) is 0 Å². The first-order valence-electron chi connectivity index (χ1n) is 12.2. The fourth-order valence-electron chi connectivity index (χ4n) is 4.64. The number of hydrogen-bond donors (Lipinski definition) is 4. The molecule has 3 heterocycles. The molecule has 5 N–H and O–H groups in total. The standard InChI is InChI=1S/C28H22ClN5O7S/c1-41-22-7-5-17(13-20(22)28(37)38)42(39,40)33-27(36)25-24(18-3-2-9-32-26(18)35)19-12-16(29)4-6-21(19)34(25)14-15-8-10-31-23(30)11-15/h2-13H,14H2,1H3,(H2,30,31)(H,32,35)(H,33,36)(H,37,38). The van der Waals surface area contributed by atoms with E-state index in [1.807, 2.05) is 4.72 Å². The molecule has 1 amide bonds. The molecule has 0 radical (unpaired) electrons. The third-order valence-corrected chi connectivity index (χ3v) is 8.02. The number of nitrogen functional groups attached to an aromatic ring is 1. The van der Waals surface area contributed by atoms with Crippen molar-refractivity contribution in [2.24, 2.45) is 0 Å². The number of hydrogen-bond acceptors (Lipinski definition) is 8. The number of methoxy groups -OCH3 is 1. The van der Waals surface area contributed by atoms with Gasteiger partial charge in [-0.1, -0.05) is 11.6 Å². The quantitative estimate of drug-likeness (QED) is 0.205. The zero-order valence-electron chi connectivity index (χ0n) is 21.8. The third-order valence-electron chi connectivity index (χ3n) is 6.45. The van der Waals surface area contributed by atoms with Gasteiger partial charge in [-0.3, -0.25) is 9.59 Å². The minimum atomic E-state index is -4.61. The number of ether oxygens (including phenoxy) is 1. The molecular formula is C28H22ClN5O7S. The lowest BCUT2D eigenvalue weighted by molar-refractivity contribution is 0.0692. The summed E-state index contributed by atoms with van der Waals surface area (Å²) in [5.41, 5.74) is 6.13. The highest BCUT2D eigenvalue weighted by Crippen LogP contribution is 2.36. The van der Waals surface area contributed by atoms with E-state index in [-0.39, 0.29) is 34.9 Å². The van der Waals surface area contributed by atoms with E-state index < -0.39 is 37.9 Å². The Morgan fingerprint density at radius 2 is 1.93 bits per heavy atom. The minimum absolute atomic E-state index is 0.0457. The van der Waals surface area contributed by atoms with Crippen LogP contribution in [0.2, 0.25) is 5.02 Å². The van der Waals surface area contributed by atoms with E-state index in [1.54, 1.807) is 41.0 Å². The van der Waals surface area contributed by atoms with Gasteiger partial charge in [0.25, 0.3) is 21.5 Å². The van der Waals surface area contributed by atoms with E-state index in [9.17, 15) is 27.9 Å². The number of carbonyl (C=O) groups excluding carboxylic acids is 1. The molecule has 3 aromatic heterocycles. The molecule has 5 aromatic rings. The fraction of sp³-hybridized carbons (Fsp3) is 0.0714. The van der Waals surface area contributed by atoms with E-state index in [4.69, 9.17) is 22.1 Å². The third kappa shape index (κ3) is 5.30. The molecule has 2 aromatic carbocycles. The van der Waals surface area contributed by atoms with Gasteiger partial charge in [0, 0.05) is 46.0 Å². The summed E-state index contributed by atoms with van der Waals surface area (Å²) >= 11 is 6.32. The number of halogens is 1. The molecule has 42 heavy (non-hydrogen) atoms. The van der Waals surface area contributed by atoms with E-state index in [0.717, 1.165) is 12.1 Å². The summed E-state index contributed by atoms with van der Waals surface area (Å²) in [6, 6.07) is 14.3. The number of pyridine rings is 2. The first-order valence-corrected chi connectivity index (χ1v) is 14.0. The Hall–Kier alpha value is -5.14. The number of nitrogens with one attached hydrogen (secondary N) is 2. The monoisotopic (exact) mass is 607 g/mol. The predicted molar refractivity (Wildman–Crippen MR) is 155 cm³/mol. The van der Waals surface area contributed by atoms with E-state index in [2.05, 4.69) is 9.97 Å². The maximum atomic E-state index is 14.0. The molecule has 0 aliphatic heterocycles.